The van der Waals surface area contributed by atoms with Crippen LogP contribution in [0, 0.1) is 11.3 Å². The van der Waals surface area contributed by atoms with Crippen LogP contribution in [0.5, 0.6) is 5.75 Å². The Morgan fingerprint density at radius 2 is 2.00 bits per heavy atom. The van der Waals surface area contributed by atoms with Crippen LogP contribution in [0.1, 0.15) is 18.1 Å². The van der Waals surface area contributed by atoms with Crippen molar-refractivity contribution in [3.05, 3.63) is 68.1 Å². The van der Waals surface area contributed by atoms with Gasteiger partial charge in [-0.3, -0.25) is 4.79 Å². The zero-order chi connectivity index (χ0) is 18.2. The number of rotatable bonds is 6. The molecular formula is C19H16Br2N2O2. The number of ether oxygens (including phenoxy) is 1. The van der Waals surface area contributed by atoms with Crippen molar-refractivity contribution < 1.29 is 9.53 Å². The van der Waals surface area contributed by atoms with Crippen molar-refractivity contribution in [2.75, 3.05) is 6.61 Å². The van der Waals surface area contributed by atoms with Gasteiger partial charge >= 0.3 is 0 Å². The third-order valence-electron chi connectivity index (χ3n) is 3.29. The van der Waals surface area contributed by atoms with Crippen molar-refractivity contribution in [3.63, 3.8) is 0 Å². The highest BCUT2D eigenvalue weighted by Gasteiger charge is 2.13. The number of amides is 1. The van der Waals surface area contributed by atoms with Crippen molar-refractivity contribution in [2.45, 2.75) is 13.5 Å². The number of nitrogens with one attached hydrogen (secondary N) is 1. The SMILES string of the molecule is CCOc1c(Br)cc(Br)cc1/C=C(\C#N)C(=O)NCc1ccccc1. The summed E-state index contributed by atoms with van der Waals surface area (Å²) in [5.41, 5.74) is 1.63. The predicted octanol–water partition coefficient (Wildman–Crippen LogP) is 4.83. The summed E-state index contributed by atoms with van der Waals surface area (Å²) in [6.07, 6.45) is 1.53. The molecule has 0 aliphatic heterocycles. The Balaban J connectivity index is 2.25. The first-order valence-corrected chi connectivity index (χ1v) is 9.19. The Hall–Kier alpha value is -2.10. The summed E-state index contributed by atoms with van der Waals surface area (Å²) in [6, 6.07) is 15.1. The molecule has 1 N–H and O–H groups in total. The van der Waals surface area contributed by atoms with Crippen molar-refractivity contribution >= 4 is 43.8 Å². The fourth-order valence-corrected chi connectivity index (χ4v) is 3.53. The van der Waals surface area contributed by atoms with Gasteiger partial charge < -0.3 is 10.1 Å². The molecular weight excluding hydrogens is 448 g/mol. The van der Waals surface area contributed by atoms with Crippen molar-refractivity contribution in [2.24, 2.45) is 0 Å². The number of carbonyl (C=O) groups is 1. The number of carbonyl (C=O) groups excluding carboxylic acids is 1. The minimum atomic E-state index is -0.426. The highest BCUT2D eigenvalue weighted by molar-refractivity contribution is 9.11. The number of hydrogen-bond donors (Lipinski definition) is 1. The van der Waals surface area contributed by atoms with Gasteiger partial charge in [0.25, 0.3) is 5.91 Å². The molecule has 0 spiro atoms. The van der Waals surface area contributed by atoms with E-state index in [1.165, 1.54) is 6.08 Å². The lowest BCUT2D eigenvalue weighted by molar-refractivity contribution is -0.117. The van der Waals surface area contributed by atoms with Crippen LogP contribution in [-0.2, 0) is 11.3 Å². The normalized spacial score (nSPS) is 10.9. The third kappa shape index (κ3) is 5.45. The molecule has 0 bridgehead atoms. The molecule has 0 radical (unpaired) electrons. The summed E-state index contributed by atoms with van der Waals surface area (Å²) in [5, 5.41) is 12.1. The standard InChI is InChI=1S/C19H16Br2N2O2/c1-2-25-18-14(9-16(20)10-17(18)21)8-15(11-22)19(24)23-12-13-6-4-3-5-7-13/h3-10H,2,12H2,1H3,(H,23,24)/b15-8+. The maximum atomic E-state index is 12.3. The van der Waals surface area contributed by atoms with E-state index in [-0.39, 0.29) is 5.57 Å². The van der Waals surface area contributed by atoms with Crippen LogP contribution in [0.15, 0.2) is 57.0 Å². The van der Waals surface area contributed by atoms with E-state index >= 15 is 0 Å². The Labute approximate surface area is 163 Å². The van der Waals surface area contributed by atoms with Gasteiger partial charge in [0.1, 0.15) is 17.4 Å². The van der Waals surface area contributed by atoms with Crippen molar-refractivity contribution in [3.8, 4) is 11.8 Å². The summed E-state index contributed by atoms with van der Waals surface area (Å²) in [5.74, 6) is 0.166. The molecule has 6 heteroatoms. The molecule has 0 saturated carbocycles. The van der Waals surface area contributed by atoms with Gasteiger partial charge in [-0.1, -0.05) is 46.3 Å². The number of benzene rings is 2. The van der Waals surface area contributed by atoms with Crippen LogP contribution in [0.3, 0.4) is 0 Å². The molecule has 0 aromatic heterocycles. The lowest BCUT2D eigenvalue weighted by Crippen LogP contribution is -2.23. The molecule has 0 saturated heterocycles. The van der Waals surface area contributed by atoms with Gasteiger partial charge in [-0.25, -0.2) is 0 Å². The Morgan fingerprint density at radius 1 is 1.28 bits per heavy atom. The summed E-state index contributed by atoms with van der Waals surface area (Å²) in [6.45, 7) is 2.71. The Kier molecular flexibility index (Phi) is 7.23. The van der Waals surface area contributed by atoms with E-state index < -0.39 is 5.91 Å². The number of hydrogen-bond acceptors (Lipinski definition) is 3. The van der Waals surface area contributed by atoms with Crippen LogP contribution in [0.4, 0.5) is 0 Å². The average molecular weight is 464 g/mol. The second-order valence-corrected chi connectivity index (χ2v) is 6.85. The molecule has 2 aromatic rings. The zero-order valence-corrected chi connectivity index (χ0v) is 16.7. The Morgan fingerprint density at radius 3 is 2.64 bits per heavy atom. The molecule has 2 aromatic carbocycles. The first-order valence-electron chi connectivity index (χ1n) is 7.61. The van der Waals surface area contributed by atoms with Gasteiger partial charge in [-0.2, -0.15) is 5.26 Å². The number of nitriles is 1. The van der Waals surface area contributed by atoms with Crippen molar-refractivity contribution in [1.82, 2.24) is 5.32 Å². The quantitative estimate of drug-likeness (QED) is 0.492. The number of halogens is 2. The maximum Gasteiger partial charge on any atom is 0.262 e. The second kappa shape index (κ2) is 9.40. The predicted molar refractivity (Wildman–Crippen MR) is 105 cm³/mol. The summed E-state index contributed by atoms with van der Waals surface area (Å²) in [4.78, 5) is 12.3. The summed E-state index contributed by atoms with van der Waals surface area (Å²) < 4.78 is 7.19. The first-order chi connectivity index (χ1) is 12.0. The third-order valence-corrected chi connectivity index (χ3v) is 4.33. The molecule has 0 heterocycles. The minimum absolute atomic E-state index is 0.0156. The largest absolute Gasteiger partial charge is 0.492 e. The van der Waals surface area contributed by atoms with Crippen LogP contribution in [-0.4, -0.2) is 12.5 Å². The highest BCUT2D eigenvalue weighted by Crippen LogP contribution is 2.34. The van der Waals surface area contributed by atoms with Crippen LogP contribution in [0.25, 0.3) is 6.08 Å². The van der Waals surface area contributed by atoms with E-state index in [0.29, 0.717) is 24.5 Å². The van der Waals surface area contributed by atoms with E-state index in [4.69, 9.17) is 4.74 Å². The minimum Gasteiger partial charge on any atom is -0.492 e. The monoisotopic (exact) mass is 462 g/mol. The second-order valence-electron chi connectivity index (χ2n) is 5.08. The summed E-state index contributed by atoms with van der Waals surface area (Å²) >= 11 is 6.85. The summed E-state index contributed by atoms with van der Waals surface area (Å²) in [7, 11) is 0. The molecule has 0 aliphatic carbocycles. The van der Waals surface area contributed by atoms with Gasteiger partial charge in [0.15, 0.2) is 0 Å². The molecule has 0 aliphatic rings. The molecule has 4 nitrogen and oxygen atoms in total. The van der Waals surface area contributed by atoms with E-state index in [9.17, 15) is 10.1 Å². The highest BCUT2D eigenvalue weighted by atomic mass is 79.9. The molecule has 1 amide bonds. The molecule has 128 valence electrons. The molecule has 0 atom stereocenters. The van der Waals surface area contributed by atoms with Gasteiger partial charge in [0.2, 0.25) is 0 Å². The van der Waals surface area contributed by atoms with Crippen LogP contribution in [0.2, 0.25) is 0 Å². The lowest BCUT2D eigenvalue weighted by Gasteiger charge is -2.11. The molecule has 0 unspecified atom stereocenters. The van der Waals surface area contributed by atoms with E-state index in [1.807, 2.05) is 49.4 Å². The van der Waals surface area contributed by atoms with Gasteiger partial charge in [-0.05, 0) is 46.6 Å². The zero-order valence-electron chi connectivity index (χ0n) is 13.6. The number of nitrogens with zero attached hydrogens (tertiary/aromatic N) is 1. The molecule has 0 fully saturated rings. The van der Waals surface area contributed by atoms with Crippen LogP contribution < -0.4 is 10.1 Å². The van der Waals surface area contributed by atoms with Gasteiger partial charge in [0, 0.05) is 16.6 Å². The molecule has 25 heavy (non-hydrogen) atoms. The fourth-order valence-electron chi connectivity index (χ4n) is 2.16. The van der Waals surface area contributed by atoms with Gasteiger partial charge in [0.05, 0.1) is 11.1 Å². The van der Waals surface area contributed by atoms with Crippen molar-refractivity contribution in [1.29, 1.82) is 5.26 Å². The Bertz CT molecular complexity index is 827. The van der Waals surface area contributed by atoms with E-state index in [0.717, 1.165) is 14.5 Å². The smallest absolute Gasteiger partial charge is 0.262 e. The van der Waals surface area contributed by atoms with Gasteiger partial charge in [-0.15, -0.1) is 0 Å². The fraction of sp³-hybridized carbons (Fsp3) is 0.158. The lowest BCUT2D eigenvalue weighted by atomic mass is 10.1. The first kappa shape index (κ1) is 19.2. The average Bonchev–Trinajstić information content (AvgIpc) is 2.61. The molecule has 2 rings (SSSR count). The van der Waals surface area contributed by atoms with Crippen LogP contribution >= 0.6 is 31.9 Å². The maximum absolute atomic E-state index is 12.3. The van der Waals surface area contributed by atoms with E-state index in [2.05, 4.69) is 37.2 Å². The van der Waals surface area contributed by atoms with E-state index in [1.54, 1.807) is 6.07 Å². The topological polar surface area (TPSA) is 62.1 Å².